The van der Waals surface area contributed by atoms with Crippen LogP contribution < -0.4 is 10.3 Å². The Bertz CT molecular complexity index is 795. The standard InChI is InChI=1S/C18H20N2O3/c1-3-23-16-6-4-5-14(9-16)18(22)20-8-7-13-10-17(21)19(2)11-15(13)12-20/h4-6,9-11H,3,7-8,12H2,1-2H3. The summed E-state index contributed by atoms with van der Waals surface area (Å²) in [6.07, 6.45) is 2.54. The Kier molecular flexibility index (Phi) is 4.19. The van der Waals surface area contributed by atoms with Gasteiger partial charge in [-0.25, -0.2) is 0 Å². The minimum atomic E-state index is -0.00828. The maximum absolute atomic E-state index is 12.7. The van der Waals surface area contributed by atoms with Crippen LogP contribution in [-0.2, 0) is 20.0 Å². The number of benzene rings is 1. The fourth-order valence-electron chi connectivity index (χ4n) is 2.88. The molecule has 0 spiro atoms. The summed E-state index contributed by atoms with van der Waals surface area (Å²) in [5.74, 6) is 0.698. The van der Waals surface area contributed by atoms with E-state index in [-0.39, 0.29) is 11.5 Å². The molecule has 1 aliphatic heterocycles. The van der Waals surface area contributed by atoms with Crippen molar-refractivity contribution >= 4 is 5.91 Å². The van der Waals surface area contributed by atoms with Gasteiger partial charge >= 0.3 is 0 Å². The number of hydrogen-bond donors (Lipinski definition) is 0. The van der Waals surface area contributed by atoms with Crippen LogP contribution in [0.25, 0.3) is 0 Å². The fraction of sp³-hybridized carbons (Fsp3) is 0.333. The smallest absolute Gasteiger partial charge is 0.254 e. The number of carbonyl (C=O) groups is 1. The summed E-state index contributed by atoms with van der Waals surface area (Å²) < 4.78 is 7.02. The second-order valence-corrected chi connectivity index (χ2v) is 5.71. The Labute approximate surface area is 135 Å². The number of aryl methyl sites for hydroxylation is 1. The first-order valence-electron chi connectivity index (χ1n) is 7.79. The lowest BCUT2D eigenvalue weighted by Gasteiger charge is -2.29. The number of ether oxygens (including phenoxy) is 1. The highest BCUT2D eigenvalue weighted by Crippen LogP contribution is 2.21. The minimum absolute atomic E-state index is 0.00654. The Morgan fingerprint density at radius 1 is 1.26 bits per heavy atom. The molecule has 0 N–H and O–H groups in total. The number of pyridine rings is 1. The van der Waals surface area contributed by atoms with Gasteiger partial charge in [0.2, 0.25) is 0 Å². The number of fused-ring (bicyclic) bond motifs is 1. The summed E-state index contributed by atoms with van der Waals surface area (Å²) in [7, 11) is 1.73. The van der Waals surface area contributed by atoms with Crippen LogP contribution in [0.3, 0.4) is 0 Å². The molecule has 0 fully saturated rings. The quantitative estimate of drug-likeness (QED) is 0.871. The Hall–Kier alpha value is -2.56. The molecule has 0 saturated heterocycles. The molecule has 120 valence electrons. The van der Waals surface area contributed by atoms with Crippen molar-refractivity contribution in [1.29, 1.82) is 0 Å². The molecule has 0 bridgehead atoms. The summed E-state index contributed by atoms with van der Waals surface area (Å²) in [5, 5.41) is 0. The van der Waals surface area contributed by atoms with Crippen LogP contribution in [0.5, 0.6) is 5.75 Å². The van der Waals surface area contributed by atoms with Crippen LogP contribution in [0.4, 0.5) is 0 Å². The Balaban J connectivity index is 1.83. The molecular weight excluding hydrogens is 292 g/mol. The van der Waals surface area contributed by atoms with E-state index in [2.05, 4.69) is 0 Å². The molecule has 1 amide bonds. The molecule has 5 nitrogen and oxygen atoms in total. The van der Waals surface area contributed by atoms with Gasteiger partial charge in [0.1, 0.15) is 5.75 Å². The van der Waals surface area contributed by atoms with Crippen molar-refractivity contribution in [3.05, 3.63) is 63.6 Å². The summed E-state index contributed by atoms with van der Waals surface area (Å²) >= 11 is 0. The van der Waals surface area contributed by atoms with E-state index >= 15 is 0 Å². The molecule has 5 heteroatoms. The largest absolute Gasteiger partial charge is 0.494 e. The zero-order valence-corrected chi connectivity index (χ0v) is 13.4. The van der Waals surface area contributed by atoms with E-state index in [9.17, 15) is 9.59 Å². The monoisotopic (exact) mass is 312 g/mol. The molecule has 0 saturated carbocycles. The summed E-state index contributed by atoms with van der Waals surface area (Å²) in [6, 6.07) is 8.94. The second kappa shape index (κ2) is 6.28. The predicted molar refractivity (Wildman–Crippen MR) is 87.7 cm³/mol. The third-order valence-electron chi connectivity index (χ3n) is 4.10. The van der Waals surface area contributed by atoms with Crippen LogP contribution in [0.2, 0.25) is 0 Å². The van der Waals surface area contributed by atoms with Crippen molar-refractivity contribution in [2.24, 2.45) is 7.05 Å². The maximum Gasteiger partial charge on any atom is 0.254 e. The maximum atomic E-state index is 12.7. The van der Waals surface area contributed by atoms with Gasteiger partial charge in [-0.05, 0) is 42.7 Å². The van der Waals surface area contributed by atoms with Crippen molar-refractivity contribution in [1.82, 2.24) is 9.47 Å². The average molecular weight is 312 g/mol. The first-order chi connectivity index (χ1) is 11.1. The van der Waals surface area contributed by atoms with Crippen LogP contribution in [0.1, 0.15) is 28.4 Å². The van der Waals surface area contributed by atoms with Crippen molar-refractivity contribution < 1.29 is 9.53 Å². The van der Waals surface area contributed by atoms with Crippen LogP contribution >= 0.6 is 0 Å². The topological polar surface area (TPSA) is 51.5 Å². The SMILES string of the molecule is CCOc1cccc(C(=O)N2CCc3cc(=O)n(C)cc3C2)c1. The molecule has 1 aromatic heterocycles. The molecular formula is C18H20N2O3. The second-order valence-electron chi connectivity index (χ2n) is 5.71. The lowest BCUT2D eigenvalue weighted by Crippen LogP contribution is -2.37. The van der Waals surface area contributed by atoms with Gasteiger partial charge in [0.05, 0.1) is 6.61 Å². The van der Waals surface area contributed by atoms with Gasteiger partial charge in [0, 0.05) is 38.0 Å². The number of hydrogen-bond acceptors (Lipinski definition) is 3. The molecule has 0 radical (unpaired) electrons. The van der Waals surface area contributed by atoms with Gasteiger partial charge in [-0.3, -0.25) is 9.59 Å². The minimum Gasteiger partial charge on any atom is -0.494 e. The van der Waals surface area contributed by atoms with E-state index in [1.165, 1.54) is 0 Å². The van der Waals surface area contributed by atoms with E-state index < -0.39 is 0 Å². The first-order valence-corrected chi connectivity index (χ1v) is 7.79. The third-order valence-corrected chi connectivity index (χ3v) is 4.10. The highest BCUT2D eigenvalue weighted by molar-refractivity contribution is 5.94. The lowest BCUT2D eigenvalue weighted by molar-refractivity contribution is 0.0733. The molecule has 2 aromatic rings. The van der Waals surface area contributed by atoms with Gasteiger partial charge in [-0.1, -0.05) is 6.07 Å². The molecule has 0 unspecified atom stereocenters. The number of amides is 1. The number of rotatable bonds is 3. The zero-order chi connectivity index (χ0) is 16.4. The molecule has 2 heterocycles. The van der Waals surface area contributed by atoms with Gasteiger partial charge < -0.3 is 14.2 Å². The Morgan fingerprint density at radius 3 is 2.87 bits per heavy atom. The zero-order valence-electron chi connectivity index (χ0n) is 13.4. The normalized spacial score (nSPS) is 13.6. The van der Waals surface area contributed by atoms with Gasteiger partial charge in [-0.15, -0.1) is 0 Å². The molecule has 0 atom stereocenters. The highest BCUT2D eigenvalue weighted by atomic mass is 16.5. The van der Waals surface area contributed by atoms with Crippen LogP contribution in [-0.4, -0.2) is 28.5 Å². The average Bonchev–Trinajstić information content (AvgIpc) is 2.55. The predicted octanol–water partition coefficient (Wildman–Crippen LogP) is 1.98. The van der Waals surface area contributed by atoms with Gasteiger partial charge in [0.15, 0.2) is 0 Å². The van der Waals surface area contributed by atoms with Crippen LogP contribution in [0.15, 0.2) is 41.3 Å². The van der Waals surface area contributed by atoms with Gasteiger partial charge in [-0.2, -0.15) is 0 Å². The van der Waals surface area contributed by atoms with Crippen molar-refractivity contribution in [2.75, 3.05) is 13.2 Å². The Morgan fingerprint density at radius 2 is 2.09 bits per heavy atom. The van der Waals surface area contributed by atoms with E-state index in [0.29, 0.717) is 37.4 Å². The first kappa shape index (κ1) is 15.3. The van der Waals surface area contributed by atoms with Gasteiger partial charge in [0.25, 0.3) is 11.5 Å². The molecule has 0 aliphatic carbocycles. The molecule has 1 aliphatic rings. The molecule has 1 aromatic carbocycles. The van der Waals surface area contributed by atoms with Crippen LogP contribution in [0, 0.1) is 0 Å². The number of nitrogens with zero attached hydrogens (tertiary/aromatic N) is 2. The molecule has 23 heavy (non-hydrogen) atoms. The van der Waals surface area contributed by atoms with Crippen molar-refractivity contribution in [3.63, 3.8) is 0 Å². The number of carbonyl (C=O) groups excluding carboxylic acids is 1. The highest BCUT2D eigenvalue weighted by Gasteiger charge is 2.22. The molecule has 3 rings (SSSR count). The lowest BCUT2D eigenvalue weighted by atomic mass is 10.0. The number of aromatic nitrogens is 1. The third kappa shape index (κ3) is 3.13. The summed E-state index contributed by atoms with van der Waals surface area (Å²) in [5.41, 5.74) is 2.70. The van der Waals surface area contributed by atoms with Crippen molar-refractivity contribution in [3.8, 4) is 5.75 Å². The van der Waals surface area contributed by atoms with E-state index in [1.807, 2.05) is 30.2 Å². The van der Waals surface area contributed by atoms with E-state index in [4.69, 9.17) is 4.74 Å². The van der Waals surface area contributed by atoms with E-state index in [0.717, 1.165) is 11.1 Å². The fourth-order valence-corrected chi connectivity index (χ4v) is 2.88. The van der Waals surface area contributed by atoms with E-state index in [1.54, 1.807) is 29.8 Å². The summed E-state index contributed by atoms with van der Waals surface area (Å²) in [6.45, 7) is 3.64. The van der Waals surface area contributed by atoms with Crippen molar-refractivity contribution in [2.45, 2.75) is 19.9 Å². The summed E-state index contributed by atoms with van der Waals surface area (Å²) in [4.78, 5) is 26.2.